The third-order valence-corrected chi connectivity index (χ3v) is 1.30. The van der Waals surface area contributed by atoms with Gasteiger partial charge >= 0.3 is 0 Å². The van der Waals surface area contributed by atoms with E-state index >= 15 is 0 Å². The maximum absolute atomic E-state index is 8.98. The summed E-state index contributed by atoms with van der Waals surface area (Å²) in [7, 11) is 0. The van der Waals surface area contributed by atoms with Crippen LogP contribution in [0.4, 0.5) is 5.69 Å². The number of hydrogen-bond donors (Lipinski definition) is 3. The highest BCUT2D eigenvalue weighted by Gasteiger charge is 1.95. The van der Waals surface area contributed by atoms with Crippen molar-refractivity contribution < 1.29 is 5.11 Å². The molecular formula is C7H12N2O. The number of benzene rings is 1. The Kier molecular flexibility index (Phi) is 2.70. The Bertz CT molecular complexity index is 203. The highest BCUT2D eigenvalue weighted by atomic mass is 16.3. The second-order valence-corrected chi connectivity index (χ2v) is 2.01. The van der Waals surface area contributed by atoms with Crippen molar-refractivity contribution in [3.63, 3.8) is 0 Å². The minimum Gasteiger partial charge on any atom is -0.506 e. The van der Waals surface area contributed by atoms with E-state index < -0.39 is 0 Å². The molecule has 0 heterocycles. The van der Waals surface area contributed by atoms with Crippen LogP contribution in [0.3, 0.4) is 0 Å². The van der Waals surface area contributed by atoms with Gasteiger partial charge in [-0.15, -0.1) is 0 Å². The van der Waals surface area contributed by atoms with E-state index in [0.717, 1.165) is 5.56 Å². The van der Waals surface area contributed by atoms with Crippen LogP contribution in [-0.4, -0.2) is 5.11 Å². The Balaban J connectivity index is 0.000000810. The molecule has 0 aromatic heterocycles. The van der Waals surface area contributed by atoms with Gasteiger partial charge in [-0.2, -0.15) is 0 Å². The van der Waals surface area contributed by atoms with Crippen LogP contribution in [0.15, 0.2) is 18.2 Å². The van der Waals surface area contributed by atoms with Crippen LogP contribution >= 0.6 is 0 Å². The number of phenols is 1. The number of hydrogen-bond acceptors (Lipinski definition) is 3. The normalized spacial score (nSPS) is 8.50. The van der Waals surface area contributed by atoms with Crippen LogP contribution in [0.5, 0.6) is 5.75 Å². The zero-order valence-corrected chi connectivity index (χ0v) is 5.96. The van der Waals surface area contributed by atoms with E-state index in [0.29, 0.717) is 5.69 Å². The summed E-state index contributed by atoms with van der Waals surface area (Å²) in [6, 6.07) is 5.19. The molecule has 3 heteroatoms. The molecule has 1 rings (SSSR count). The number of anilines is 1. The number of para-hydroxylation sites is 1. The molecule has 0 aliphatic heterocycles. The molecule has 0 unspecified atom stereocenters. The van der Waals surface area contributed by atoms with Gasteiger partial charge in [0.2, 0.25) is 0 Å². The Morgan fingerprint density at radius 3 is 2.40 bits per heavy atom. The highest BCUT2D eigenvalue weighted by Crippen LogP contribution is 2.21. The molecular weight excluding hydrogens is 128 g/mol. The summed E-state index contributed by atoms with van der Waals surface area (Å²) in [5, 5.41) is 8.98. The molecule has 56 valence electrons. The Morgan fingerprint density at radius 2 is 2.00 bits per heavy atom. The zero-order valence-electron chi connectivity index (χ0n) is 5.96. The van der Waals surface area contributed by atoms with E-state index in [9.17, 15) is 0 Å². The van der Waals surface area contributed by atoms with Crippen molar-refractivity contribution in [2.75, 3.05) is 5.73 Å². The number of rotatable bonds is 0. The third kappa shape index (κ3) is 1.39. The predicted octanol–water partition coefficient (Wildman–Crippen LogP) is 1.44. The van der Waals surface area contributed by atoms with Crippen molar-refractivity contribution in [3.8, 4) is 5.75 Å². The molecule has 0 amide bonds. The molecule has 0 fully saturated rings. The maximum atomic E-state index is 8.98. The van der Waals surface area contributed by atoms with Gasteiger partial charge in [0.15, 0.2) is 0 Å². The summed E-state index contributed by atoms with van der Waals surface area (Å²) in [4.78, 5) is 0. The lowest BCUT2D eigenvalue weighted by Crippen LogP contribution is -1.88. The summed E-state index contributed by atoms with van der Waals surface area (Å²) in [5.74, 6) is 0.162. The van der Waals surface area contributed by atoms with Crippen molar-refractivity contribution in [1.29, 1.82) is 0 Å². The first-order valence-electron chi connectivity index (χ1n) is 2.76. The van der Waals surface area contributed by atoms with Crippen molar-refractivity contribution in [3.05, 3.63) is 23.8 Å². The molecule has 1 aromatic carbocycles. The predicted molar refractivity (Wildman–Crippen MR) is 42.3 cm³/mol. The molecule has 1 aromatic rings. The lowest BCUT2D eigenvalue weighted by atomic mass is 10.2. The summed E-state index contributed by atoms with van der Waals surface area (Å²) in [5.41, 5.74) is 6.81. The fourth-order valence-electron chi connectivity index (χ4n) is 0.665. The van der Waals surface area contributed by atoms with Gasteiger partial charge in [-0.1, -0.05) is 12.1 Å². The molecule has 3 nitrogen and oxygen atoms in total. The highest BCUT2D eigenvalue weighted by molar-refractivity contribution is 5.56. The third-order valence-electron chi connectivity index (χ3n) is 1.30. The molecule has 0 saturated carbocycles. The SMILES string of the molecule is Cc1cccc(O)c1N.N. The van der Waals surface area contributed by atoms with E-state index in [4.69, 9.17) is 10.8 Å². The first-order valence-corrected chi connectivity index (χ1v) is 2.76. The van der Waals surface area contributed by atoms with Crippen LogP contribution in [-0.2, 0) is 0 Å². The molecule has 0 aliphatic rings. The minimum absolute atomic E-state index is 0. The van der Waals surface area contributed by atoms with Crippen molar-refractivity contribution >= 4 is 5.69 Å². The van der Waals surface area contributed by atoms with Crippen molar-refractivity contribution in [2.45, 2.75) is 6.92 Å². The van der Waals surface area contributed by atoms with Gasteiger partial charge in [0.25, 0.3) is 0 Å². The summed E-state index contributed by atoms with van der Waals surface area (Å²) >= 11 is 0. The summed E-state index contributed by atoms with van der Waals surface area (Å²) in [6.07, 6.45) is 0. The van der Waals surface area contributed by atoms with Gasteiger partial charge in [-0.25, -0.2) is 0 Å². The minimum atomic E-state index is 0. The average Bonchev–Trinajstić information content (AvgIpc) is 1.83. The summed E-state index contributed by atoms with van der Waals surface area (Å²) < 4.78 is 0. The van der Waals surface area contributed by atoms with Gasteiger partial charge in [0.05, 0.1) is 5.69 Å². The van der Waals surface area contributed by atoms with Gasteiger partial charge in [0.1, 0.15) is 5.75 Å². The van der Waals surface area contributed by atoms with E-state index in [1.807, 2.05) is 13.0 Å². The topological polar surface area (TPSA) is 81.2 Å². The quantitative estimate of drug-likeness (QED) is 0.376. The molecule has 0 atom stereocenters. The fourth-order valence-corrected chi connectivity index (χ4v) is 0.665. The van der Waals surface area contributed by atoms with Gasteiger partial charge < -0.3 is 17.0 Å². The standard InChI is InChI=1S/C7H9NO.H3N/c1-5-3-2-4-6(9)7(5)8;/h2-4,9H,8H2,1H3;1H3. The molecule has 0 spiro atoms. The van der Waals surface area contributed by atoms with Crippen LogP contribution in [0.1, 0.15) is 5.56 Å². The molecule has 0 aliphatic carbocycles. The molecule has 6 N–H and O–H groups in total. The molecule has 0 bridgehead atoms. The van der Waals surface area contributed by atoms with Crippen molar-refractivity contribution in [2.24, 2.45) is 0 Å². The number of nitrogen functional groups attached to an aromatic ring is 1. The first-order chi connectivity index (χ1) is 4.22. The van der Waals surface area contributed by atoms with Gasteiger partial charge in [0, 0.05) is 0 Å². The lowest BCUT2D eigenvalue weighted by molar-refractivity contribution is 0.477. The lowest BCUT2D eigenvalue weighted by Gasteiger charge is -1.99. The van der Waals surface area contributed by atoms with E-state index in [1.54, 1.807) is 12.1 Å². The van der Waals surface area contributed by atoms with E-state index in [2.05, 4.69) is 0 Å². The average molecular weight is 140 g/mol. The fraction of sp³-hybridized carbons (Fsp3) is 0.143. The first kappa shape index (κ1) is 8.78. The number of phenolic OH excluding ortho intramolecular Hbond substituents is 1. The zero-order chi connectivity index (χ0) is 6.85. The Morgan fingerprint density at radius 1 is 1.40 bits per heavy atom. The van der Waals surface area contributed by atoms with Gasteiger partial charge in [-0.05, 0) is 18.6 Å². The van der Waals surface area contributed by atoms with E-state index in [-0.39, 0.29) is 11.9 Å². The van der Waals surface area contributed by atoms with Crippen LogP contribution < -0.4 is 11.9 Å². The Labute approximate surface area is 60.1 Å². The largest absolute Gasteiger partial charge is 0.506 e. The smallest absolute Gasteiger partial charge is 0.138 e. The molecule has 0 radical (unpaired) electrons. The van der Waals surface area contributed by atoms with E-state index in [1.165, 1.54) is 0 Å². The van der Waals surface area contributed by atoms with Crippen LogP contribution in [0.2, 0.25) is 0 Å². The number of aromatic hydroxyl groups is 1. The Hall–Kier alpha value is -1.22. The number of nitrogens with two attached hydrogens (primary N) is 1. The molecule has 10 heavy (non-hydrogen) atoms. The maximum Gasteiger partial charge on any atom is 0.138 e. The molecule has 0 saturated heterocycles. The second-order valence-electron chi connectivity index (χ2n) is 2.01. The number of aryl methyl sites for hydroxylation is 1. The van der Waals surface area contributed by atoms with Crippen LogP contribution in [0, 0.1) is 6.92 Å². The second kappa shape index (κ2) is 3.08. The van der Waals surface area contributed by atoms with Crippen molar-refractivity contribution in [1.82, 2.24) is 6.15 Å². The van der Waals surface area contributed by atoms with Gasteiger partial charge in [-0.3, -0.25) is 0 Å². The summed E-state index contributed by atoms with van der Waals surface area (Å²) in [6.45, 7) is 1.86. The van der Waals surface area contributed by atoms with Crippen LogP contribution in [0.25, 0.3) is 0 Å². The monoisotopic (exact) mass is 140 g/mol.